The fourth-order valence-corrected chi connectivity index (χ4v) is 3.27. The summed E-state index contributed by atoms with van der Waals surface area (Å²) in [4.78, 5) is 23.4. The molecule has 164 valence electrons. The molecule has 29 heavy (non-hydrogen) atoms. The Hall–Kier alpha value is -1.92. The van der Waals surface area contributed by atoms with Crippen LogP contribution in [0.3, 0.4) is 0 Å². The van der Waals surface area contributed by atoms with Gasteiger partial charge in [0.05, 0.1) is 18.2 Å². The van der Waals surface area contributed by atoms with Crippen molar-refractivity contribution < 1.29 is 22.7 Å². The van der Waals surface area contributed by atoms with Crippen LogP contribution >= 0.6 is 11.3 Å². The van der Waals surface area contributed by atoms with Gasteiger partial charge in [0.25, 0.3) is 0 Å². The number of thiazole rings is 1. The average molecular weight is 437 g/mol. The van der Waals surface area contributed by atoms with Crippen molar-refractivity contribution >= 4 is 23.2 Å². The first-order valence-electron chi connectivity index (χ1n) is 9.29. The molecule has 1 amide bonds. The first-order chi connectivity index (χ1) is 13.8. The van der Waals surface area contributed by atoms with Crippen LogP contribution in [0, 0.1) is 0 Å². The van der Waals surface area contributed by atoms with Crippen LogP contribution in [0.4, 0.5) is 13.2 Å². The maximum atomic E-state index is 12.6. The molecule has 8 nitrogen and oxygen atoms in total. The number of ether oxygens (including phenoxy) is 1. The average Bonchev–Trinajstić information content (AvgIpc) is 3.15. The highest BCUT2D eigenvalue weighted by atomic mass is 32.1. The monoisotopic (exact) mass is 436 g/mol. The number of hydrogen-bond donors (Lipinski definition) is 2. The summed E-state index contributed by atoms with van der Waals surface area (Å²) in [6.07, 6.45) is -4.10. The third kappa shape index (κ3) is 8.54. The molecule has 0 saturated carbocycles. The van der Waals surface area contributed by atoms with Gasteiger partial charge in [-0.2, -0.15) is 13.2 Å². The summed E-state index contributed by atoms with van der Waals surface area (Å²) < 4.78 is 43.2. The maximum absolute atomic E-state index is 12.6. The van der Waals surface area contributed by atoms with Gasteiger partial charge in [0.2, 0.25) is 5.91 Å². The van der Waals surface area contributed by atoms with E-state index in [2.05, 4.69) is 25.5 Å². The highest BCUT2D eigenvalue weighted by Gasteiger charge is 2.33. The number of carbonyl (C=O) groups excluding carboxylic acids is 1. The van der Waals surface area contributed by atoms with Crippen molar-refractivity contribution in [1.29, 1.82) is 0 Å². The van der Waals surface area contributed by atoms with E-state index in [0.29, 0.717) is 43.7 Å². The lowest BCUT2D eigenvalue weighted by atomic mass is 10.4. The molecule has 0 atom stereocenters. The Labute approximate surface area is 172 Å². The predicted molar refractivity (Wildman–Crippen MR) is 105 cm³/mol. The minimum Gasteiger partial charge on any atom is -0.379 e. The van der Waals surface area contributed by atoms with Crippen LogP contribution in [-0.4, -0.2) is 93.2 Å². The van der Waals surface area contributed by atoms with Crippen LogP contribution in [-0.2, 0) is 22.1 Å². The molecule has 1 aliphatic rings. The molecule has 2 N–H and O–H groups in total. The van der Waals surface area contributed by atoms with E-state index in [-0.39, 0.29) is 12.5 Å². The Bertz CT molecular complexity index is 674. The highest BCUT2D eigenvalue weighted by Crippen LogP contribution is 2.29. The van der Waals surface area contributed by atoms with Gasteiger partial charge in [0, 0.05) is 58.6 Å². The Morgan fingerprint density at radius 2 is 2.00 bits per heavy atom. The standard InChI is InChI=1S/C17H27F3N6O2S/c1-25(2)15(27)11-23-16(22-5-6-26-7-9-28-10-8-26)21-4-3-14-24-13(12-29-14)17(18,19)20/h12H,3-11H2,1-2H3,(H2,21,22,23). The van der Waals surface area contributed by atoms with Crippen LogP contribution < -0.4 is 10.6 Å². The Morgan fingerprint density at radius 1 is 1.31 bits per heavy atom. The zero-order valence-electron chi connectivity index (χ0n) is 16.6. The van der Waals surface area contributed by atoms with Crippen molar-refractivity contribution in [2.45, 2.75) is 12.6 Å². The van der Waals surface area contributed by atoms with Crippen molar-refractivity contribution in [3.05, 3.63) is 16.1 Å². The van der Waals surface area contributed by atoms with Crippen LogP contribution in [0.25, 0.3) is 0 Å². The van der Waals surface area contributed by atoms with Gasteiger partial charge in [0.15, 0.2) is 11.7 Å². The van der Waals surface area contributed by atoms with Gasteiger partial charge >= 0.3 is 6.18 Å². The number of guanidine groups is 1. The molecule has 0 aromatic carbocycles. The summed E-state index contributed by atoms with van der Waals surface area (Å²) in [5.74, 6) is 0.301. The Kier molecular flexibility index (Phi) is 9.11. The maximum Gasteiger partial charge on any atom is 0.434 e. The third-order valence-electron chi connectivity index (χ3n) is 4.17. The molecule has 1 aromatic rings. The molecule has 1 saturated heterocycles. The minimum atomic E-state index is -4.43. The summed E-state index contributed by atoms with van der Waals surface area (Å²) in [6, 6.07) is 0. The van der Waals surface area contributed by atoms with Gasteiger partial charge in [-0.1, -0.05) is 0 Å². The number of hydrogen-bond acceptors (Lipinski definition) is 6. The van der Waals surface area contributed by atoms with E-state index in [1.165, 1.54) is 4.90 Å². The summed E-state index contributed by atoms with van der Waals surface area (Å²) in [5.41, 5.74) is -0.869. The molecule has 0 aliphatic carbocycles. The van der Waals surface area contributed by atoms with E-state index in [1.807, 2.05) is 0 Å². The lowest BCUT2D eigenvalue weighted by molar-refractivity contribution is -0.140. The van der Waals surface area contributed by atoms with E-state index in [9.17, 15) is 18.0 Å². The Balaban J connectivity index is 1.83. The number of rotatable bonds is 8. The molecule has 1 aromatic heterocycles. The number of nitrogens with zero attached hydrogens (tertiary/aromatic N) is 4. The number of carbonyl (C=O) groups is 1. The minimum absolute atomic E-state index is 0.0185. The molecule has 0 radical (unpaired) electrons. The summed E-state index contributed by atoms with van der Waals surface area (Å²) in [6.45, 7) is 4.91. The number of halogens is 3. The number of aliphatic imine (C=N–C) groups is 1. The summed E-state index contributed by atoms with van der Waals surface area (Å²) >= 11 is 0.976. The molecule has 0 unspecified atom stereocenters. The van der Waals surface area contributed by atoms with Gasteiger partial charge in [-0.25, -0.2) is 9.98 Å². The van der Waals surface area contributed by atoms with Gasteiger partial charge in [-0.05, 0) is 0 Å². The second-order valence-electron chi connectivity index (χ2n) is 6.63. The highest BCUT2D eigenvalue weighted by molar-refractivity contribution is 7.09. The smallest absolute Gasteiger partial charge is 0.379 e. The van der Waals surface area contributed by atoms with Crippen molar-refractivity contribution in [3.63, 3.8) is 0 Å². The second kappa shape index (κ2) is 11.3. The van der Waals surface area contributed by atoms with E-state index < -0.39 is 11.9 Å². The summed E-state index contributed by atoms with van der Waals surface area (Å²) in [5, 5.41) is 7.63. The number of amides is 1. The molecular weight excluding hydrogens is 409 g/mol. The SMILES string of the molecule is CN(C)C(=O)CN=C(NCCc1nc(C(F)(F)F)cs1)NCCN1CCOCC1. The molecule has 1 aliphatic heterocycles. The Morgan fingerprint density at radius 3 is 2.62 bits per heavy atom. The fraction of sp³-hybridized carbons (Fsp3) is 0.706. The quantitative estimate of drug-likeness (QED) is 0.460. The van der Waals surface area contributed by atoms with E-state index in [1.54, 1.807) is 14.1 Å². The topological polar surface area (TPSA) is 82.1 Å². The zero-order valence-corrected chi connectivity index (χ0v) is 17.4. The van der Waals surface area contributed by atoms with E-state index in [0.717, 1.165) is 36.4 Å². The van der Waals surface area contributed by atoms with Crippen molar-refractivity contribution in [3.8, 4) is 0 Å². The van der Waals surface area contributed by atoms with Gasteiger partial charge in [0.1, 0.15) is 6.54 Å². The third-order valence-corrected chi connectivity index (χ3v) is 5.08. The molecule has 0 spiro atoms. The molecule has 2 heterocycles. The molecule has 12 heteroatoms. The van der Waals surface area contributed by atoms with Gasteiger partial charge in [-0.15, -0.1) is 11.3 Å². The van der Waals surface area contributed by atoms with Crippen molar-refractivity contribution in [2.75, 3.05) is 66.6 Å². The van der Waals surface area contributed by atoms with E-state index in [4.69, 9.17) is 4.74 Å². The van der Waals surface area contributed by atoms with Crippen LogP contribution in [0.5, 0.6) is 0 Å². The van der Waals surface area contributed by atoms with Crippen molar-refractivity contribution in [1.82, 2.24) is 25.4 Å². The predicted octanol–water partition coefficient (Wildman–Crippen LogP) is 0.660. The molecule has 1 fully saturated rings. The second-order valence-corrected chi connectivity index (χ2v) is 7.58. The van der Waals surface area contributed by atoms with Crippen molar-refractivity contribution in [2.24, 2.45) is 4.99 Å². The zero-order chi connectivity index (χ0) is 21.3. The molecular formula is C17H27F3N6O2S. The van der Waals surface area contributed by atoms with Gasteiger partial charge < -0.3 is 20.3 Å². The molecule has 2 rings (SSSR count). The first-order valence-corrected chi connectivity index (χ1v) is 10.2. The number of aromatic nitrogens is 1. The number of nitrogens with one attached hydrogen (secondary N) is 2. The normalized spacial score (nSPS) is 16.0. The summed E-state index contributed by atoms with van der Waals surface area (Å²) in [7, 11) is 3.30. The fourth-order valence-electron chi connectivity index (χ4n) is 2.46. The van der Waals surface area contributed by atoms with Gasteiger partial charge in [-0.3, -0.25) is 9.69 Å². The number of likely N-dealkylation sites (N-methyl/N-ethyl adjacent to an activating group) is 1. The van der Waals surface area contributed by atoms with Crippen LogP contribution in [0.1, 0.15) is 10.7 Å². The van der Waals surface area contributed by atoms with Crippen LogP contribution in [0.15, 0.2) is 10.4 Å². The largest absolute Gasteiger partial charge is 0.434 e. The lowest BCUT2D eigenvalue weighted by Crippen LogP contribution is -2.45. The number of morpholine rings is 1. The lowest BCUT2D eigenvalue weighted by Gasteiger charge is -2.26. The van der Waals surface area contributed by atoms with E-state index >= 15 is 0 Å². The van der Waals surface area contributed by atoms with Crippen LogP contribution in [0.2, 0.25) is 0 Å². The molecule has 0 bridgehead atoms. The first kappa shape index (κ1) is 23.4. The number of alkyl halides is 3.